The van der Waals surface area contributed by atoms with Crippen molar-refractivity contribution in [2.24, 2.45) is 5.41 Å². The van der Waals surface area contributed by atoms with Gasteiger partial charge in [-0.1, -0.05) is 38.3 Å². The molecule has 1 aliphatic heterocycles. The summed E-state index contributed by atoms with van der Waals surface area (Å²) in [7, 11) is 0. The maximum Gasteiger partial charge on any atom is 0.321 e. The van der Waals surface area contributed by atoms with Crippen molar-refractivity contribution in [3.8, 4) is 0 Å². The van der Waals surface area contributed by atoms with Crippen LogP contribution >= 0.6 is 0 Å². The van der Waals surface area contributed by atoms with Crippen LogP contribution in [0.25, 0.3) is 0 Å². The lowest BCUT2D eigenvalue weighted by atomic mass is 9.76. The van der Waals surface area contributed by atoms with Crippen LogP contribution in [0.2, 0.25) is 0 Å². The molecule has 1 atom stereocenters. The van der Waals surface area contributed by atoms with Crippen molar-refractivity contribution in [2.75, 3.05) is 6.54 Å². The van der Waals surface area contributed by atoms with Crippen LogP contribution in [-0.4, -0.2) is 18.5 Å². The molecule has 0 radical (unpaired) electrons. The van der Waals surface area contributed by atoms with Gasteiger partial charge in [-0.25, -0.2) is 4.79 Å². The molecule has 0 spiro atoms. The zero-order valence-electron chi connectivity index (χ0n) is 10.9. The summed E-state index contributed by atoms with van der Waals surface area (Å²) in [6, 6.07) is -0.388. The number of imide groups is 1. The van der Waals surface area contributed by atoms with Gasteiger partial charge in [-0.05, 0) is 19.8 Å². The summed E-state index contributed by atoms with van der Waals surface area (Å²) < 4.78 is 0. The summed E-state index contributed by atoms with van der Waals surface area (Å²) in [6.07, 6.45) is 6.10. The predicted octanol–water partition coefficient (Wildman–Crippen LogP) is 2.36. The molecule has 0 bridgehead atoms. The second-order valence-corrected chi connectivity index (χ2v) is 4.60. The first-order chi connectivity index (χ1) is 8.06. The van der Waals surface area contributed by atoms with Gasteiger partial charge in [-0.15, -0.1) is 0 Å². The molecular formula is C13H22N2O2. The predicted molar refractivity (Wildman–Crippen MR) is 67.5 cm³/mol. The van der Waals surface area contributed by atoms with Gasteiger partial charge in [0, 0.05) is 6.54 Å². The lowest BCUT2D eigenvalue weighted by molar-refractivity contribution is -0.128. The Hall–Kier alpha value is -1.32. The van der Waals surface area contributed by atoms with Crippen molar-refractivity contribution in [1.82, 2.24) is 10.6 Å². The first kappa shape index (κ1) is 13.7. The fourth-order valence-corrected chi connectivity index (χ4v) is 2.18. The molecule has 0 saturated carbocycles. The van der Waals surface area contributed by atoms with E-state index in [1.54, 1.807) is 0 Å². The molecule has 3 amide bonds. The van der Waals surface area contributed by atoms with E-state index in [9.17, 15) is 9.59 Å². The van der Waals surface area contributed by atoms with E-state index in [1.807, 2.05) is 13.8 Å². The molecule has 2 N–H and O–H groups in total. The molecule has 0 aromatic carbocycles. The minimum absolute atomic E-state index is 0.172. The van der Waals surface area contributed by atoms with E-state index < -0.39 is 5.41 Å². The molecule has 0 aromatic rings. The fourth-order valence-electron chi connectivity index (χ4n) is 2.18. The molecule has 1 unspecified atom stereocenters. The van der Waals surface area contributed by atoms with Crippen LogP contribution < -0.4 is 10.6 Å². The van der Waals surface area contributed by atoms with E-state index in [0.29, 0.717) is 13.0 Å². The number of carbonyl (C=O) groups excluding carboxylic acids is 2. The highest BCUT2D eigenvalue weighted by Gasteiger charge is 2.42. The Kier molecular flexibility index (Phi) is 4.73. The van der Waals surface area contributed by atoms with Gasteiger partial charge in [0.25, 0.3) is 0 Å². The van der Waals surface area contributed by atoms with Gasteiger partial charge in [-0.2, -0.15) is 0 Å². The average Bonchev–Trinajstić information content (AvgIpc) is 2.30. The van der Waals surface area contributed by atoms with E-state index in [1.165, 1.54) is 0 Å². The van der Waals surface area contributed by atoms with Gasteiger partial charge in [0.05, 0.1) is 5.41 Å². The van der Waals surface area contributed by atoms with Crippen molar-refractivity contribution in [1.29, 1.82) is 0 Å². The van der Waals surface area contributed by atoms with Crippen molar-refractivity contribution in [3.63, 3.8) is 0 Å². The molecular weight excluding hydrogens is 216 g/mol. The number of urea groups is 1. The minimum Gasteiger partial charge on any atom is -0.336 e. The Labute approximate surface area is 103 Å². The molecule has 1 saturated heterocycles. The highest BCUT2D eigenvalue weighted by Crippen LogP contribution is 2.32. The smallest absolute Gasteiger partial charge is 0.321 e. The van der Waals surface area contributed by atoms with E-state index in [2.05, 4.69) is 23.6 Å². The van der Waals surface area contributed by atoms with Gasteiger partial charge in [0.2, 0.25) is 5.91 Å². The van der Waals surface area contributed by atoms with Gasteiger partial charge in [0.15, 0.2) is 0 Å². The quantitative estimate of drug-likeness (QED) is 0.570. The molecule has 4 heteroatoms. The zero-order valence-corrected chi connectivity index (χ0v) is 10.9. The van der Waals surface area contributed by atoms with E-state index in [4.69, 9.17) is 0 Å². The summed E-state index contributed by atoms with van der Waals surface area (Å²) in [5.41, 5.74) is 0.507. The number of allylic oxidation sites excluding steroid dienone is 1. The van der Waals surface area contributed by atoms with Gasteiger partial charge >= 0.3 is 6.03 Å². The molecule has 17 heavy (non-hydrogen) atoms. The second-order valence-electron chi connectivity index (χ2n) is 4.60. The van der Waals surface area contributed by atoms with Crippen LogP contribution in [0.3, 0.4) is 0 Å². The van der Waals surface area contributed by atoms with Gasteiger partial charge in [-0.3, -0.25) is 10.1 Å². The van der Waals surface area contributed by atoms with Crippen molar-refractivity contribution in [2.45, 2.75) is 46.5 Å². The Morgan fingerprint density at radius 1 is 1.41 bits per heavy atom. The molecule has 4 nitrogen and oxygen atoms in total. The average molecular weight is 238 g/mol. The molecule has 0 aliphatic carbocycles. The summed E-state index contributed by atoms with van der Waals surface area (Å²) in [6.45, 7) is 6.51. The normalized spacial score (nSPS) is 25.5. The summed E-state index contributed by atoms with van der Waals surface area (Å²) in [5.74, 6) is -0.172. The topological polar surface area (TPSA) is 58.2 Å². The third-order valence-corrected chi connectivity index (χ3v) is 3.58. The fraction of sp³-hybridized carbons (Fsp3) is 0.692. The molecule has 96 valence electrons. The number of hydrogen-bond donors (Lipinski definition) is 2. The lowest BCUT2D eigenvalue weighted by Crippen LogP contribution is -2.59. The molecule has 1 heterocycles. The zero-order chi connectivity index (χ0) is 12.9. The van der Waals surface area contributed by atoms with Crippen molar-refractivity contribution in [3.05, 3.63) is 11.6 Å². The molecule has 1 fully saturated rings. The number of carbonyl (C=O) groups is 2. The van der Waals surface area contributed by atoms with Crippen LogP contribution in [-0.2, 0) is 4.79 Å². The van der Waals surface area contributed by atoms with Crippen LogP contribution in [0.4, 0.5) is 4.79 Å². The second kappa shape index (κ2) is 5.84. The number of amides is 3. The highest BCUT2D eigenvalue weighted by molar-refractivity contribution is 6.01. The van der Waals surface area contributed by atoms with Crippen LogP contribution in [0.5, 0.6) is 0 Å². The largest absolute Gasteiger partial charge is 0.336 e. The number of nitrogens with one attached hydrogen (secondary N) is 2. The summed E-state index contributed by atoms with van der Waals surface area (Å²) >= 11 is 0. The van der Waals surface area contributed by atoms with E-state index in [0.717, 1.165) is 24.8 Å². The highest BCUT2D eigenvalue weighted by atomic mass is 16.2. The Bertz CT molecular complexity index is 336. The first-order valence-electron chi connectivity index (χ1n) is 6.33. The summed E-state index contributed by atoms with van der Waals surface area (Å²) in [5, 5.41) is 5.08. The molecule has 1 rings (SSSR count). The lowest BCUT2D eigenvalue weighted by Gasteiger charge is -2.36. The van der Waals surface area contributed by atoms with Crippen LogP contribution in [0.15, 0.2) is 11.6 Å². The van der Waals surface area contributed by atoms with E-state index in [-0.39, 0.29) is 11.9 Å². The number of rotatable bonds is 5. The minimum atomic E-state index is -0.554. The maximum atomic E-state index is 12.0. The van der Waals surface area contributed by atoms with E-state index >= 15 is 0 Å². The maximum absolute atomic E-state index is 12.0. The number of unbranched alkanes of at least 4 members (excludes halogenated alkanes) is 2. The van der Waals surface area contributed by atoms with Crippen LogP contribution in [0, 0.1) is 5.41 Å². The first-order valence-corrected chi connectivity index (χ1v) is 6.33. The third kappa shape index (κ3) is 2.87. The number of hydrogen-bond acceptors (Lipinski definition) is 2. The molecule has 1 aliphatic rings. The standard InChI is InChI=1S/C13H22N2O2/c1-4-6-7-8-10(3)13(5-2)9-14-12(17)15-11(13)16/h8H,4-7,9H2,1-3H3,(H2,14,15,16,17). The Balaban J connectivity index is 2.84. The monoisotopic (exact) mass is 238 g/mol. The van der Waals surface area contributed by atoms with Crippen molar-refractivity contribution < 1.29 is 9.59 Å². The third-order valence-electron chi connectivity index (χ3n) is 3.58. The van der Waals surface area contributed by atoms with Gasteiger partial charge in [0.1, 0.15) is 0 Å². The van der Waals surface area contributed by atoms with Crippen molar-refractivity contribution >= 4 is 11.9 Å². The van der Waals surface area contributed by atoms with Gasteiger partial charge < -0.3 is 5.32 Å². The SMILES string of the molecule is CCCCC=C(C)C1(CC)CNC(=O)NC1=O. The Morgan fingerprint density at radius 3 is 2.65 bits per heavy atom. The van der Waals surface area contributed by atoms with Crippen LogP contribution in [0.1, 0.15) is 46.5 Å². The molecule has 0 aromatic heterocycles. The summed E-state index contributed by atoms with van der Waals surface area (Å²) in [4.78, 5) is 23.1. The Morgan fingerprint density at radius 2 is 2.12 bits per heavy atom.